The molecule has 1 aliphatic carbocycles. The molecule has 1 aliphatic rings. The summed E-state index contributed by atoms with van der Waals surface area (Å²) in [6.07, 6.45) is 5.91. The molecule has 162 valence electrons. The average molecular weight is 423 g/mol. The molecule has 0 spiro atoms. The molecular weight excluding hydrogens is 395 g/mol. The fourth-order valence-electron chi connectivity index (χ4n) is 4.21. The number of carbonyl (C=O) groups excluding carboxylic acids is 2. The highest BCUT2D eigenvalue weighted by molar-refractivity contribution is 5.91. The molecule has 31 heavy (non-hydrogen) atoms. The van der Waals surface area contributed by atoms with Gasteiger partial charge in [-0.25, -0.2) is 9.37 Å². The molecule has 0 radical (unpaired) electrons. The van der Waals surface area contributed by atoms with Crippen molar-refractivity contribution in [3.8, 4) is 0 Å². The molecule has 6 nitrogen and oxygen atoms in total. The van der Waals surface area contributed by atoms with Crippen molar-refractivity contribution in [2.75, 3.05) is 11.9 Å². The second kappa shape index (κ2) is 9.73. The van der Waals surface area contributed by atoms with Gasteiger partial charge in [-0.15, -0.1) is 0 Å². The smallest absolute Gasteiger partial charge is 0.244 e. The van der Waals surface area contributed by atoms with Gasteiger partial charge in [-0.1, -0.05) is 37.5 Å². The molecule has 3 aromatic rings. The first-order valence-electron chi connectivity index (χ1n) is 10.9. The molecule has 0 aliphatic heterocycles. The fourth-order valence-corrected chi connectivity index (χ4v) is 4.21. The zero-order valence-electron chi connectivity index (χ0n) is 17.4. The third-order valence-corrected chi connectivity index (χ3v) is 5.77. The summed E-state index contributed by atoms with van der Waals surface area (Å²) in [5, 5.41) is 5.77. The minimum atomic E-state index is -0.403. The Labute approximate surface area is 180 Å². The number of amides is 2. The Hall–Kier alpha value is -3.22. The third-order valence-electron chi connectivity index (χ3n) is 5.77. The highest BCUT2D eigenvalue weighted by Crippen LogP contribution is 2.23. The minimum Gasteiger partial charge on any atom is -0.355 e. The second-order valence-corrected chi connectivity index (χ2v) is 8.04. The molecule has 1 aromatic heterocycles. The molecule has 2 amide bonds. The van der Waals surface area contributed by atoms with Crippen LogP contribution in [0.5, 0.6) is 0 Å². The number of rotatable bonds is 7. The van der Waals surface area contributed by atoms with E-state index in [0.29, 0.717) is 18.7 Å². The van der Waals surface area contributed by atoms with Crippen LogP contribution in [0.2, 0.25) is 0 Å². The van der Waals surface area contributed by atoms with Gasteiger partial charge in [0.15, 0.2) is 0 Å². The standard InChI is InChI=1S/C24H27FN4O2/c25-18-9-6-10-19(15-18)27-23(30)16-29-21-12-5-4-11-20(21)28-22(29)13-14-26-24(31)17-7-2-1-3-8-17/h4-6,9-12,15,17H,1-3,7-8,13-14,16H2,(H,26,31)(H,27,30). The third kappa shape index (κ3) is 5.29. The minimum absolute atomic E-state index is 0.0585. The molecule has 2 aromatic carbocycles. The lowest BCUT2D eigenvalue weighted by atomic mass is 9.89. The molecule has 2 N–H and O–H groups in total. The van der Waals surface area contributed by atoms with Crippen LogP contribution in [-0.4, -0.2) is 27.9 Å². The molecular formula is C24H27FN4O2. The van der Waals surface area contributed by atoms with E-state index >= 15 is 0 Å². The van der Waals surface area contributed by atoms with Gasteiger partial charge in [0.2, 0.25) is 11.8 Å². The van der Waals surface area contributed by atoms with Crippen LogP contribution >= 0.6 is 0 Å². The Kier molecular flexibility index (Phi) is 6.60. The van der Waals surface area contributed by atoms with Crippen molar-refractivity contribution in [2.45, 2.75) is 45.1 Å². The summed E-state index contributed by atoms with van der Waals surface area (Å²) >= 11 is 0. The van der Waals surface area contributed by atoms with E-state index in [1.165, 1.54) is 18.6 Å². The molecule has 1 saturated carbocycles. The van der Waals surface area contributed by atoms with Crippen LogP contribution in [0.25, 0.3) is 11.0 Å². The van der Waals surface area contributed by atoms with Gasteiger partial charge in [0, 0.05) is 24.6 Å². The fraction of sp³-hybridized carbons (Fsp3) is 0.375. The number of benzene rings is 2. The first-order chi connectivity index (χ1) is 15.1. The highest BCUT2D eigenvalue weighted by atomic mass is 19.1. The van der Waals surface area contributed by atoms with E-state index in [-0.39, 0.29) is 24.3 Å². The Morgan fingerprint density at radius 1 is 1.06 bits per heavy atom. The molecule has 7 heteroatoms. The molecule has 0 saturated heterocycles. The van der Waals surface area contributed by atoms with Gasteiger partial charge >= 0.3 is 0 Å². The Balaban J connectivity index is 1.44. The number of aromatic nitrogens is 2. The zero-order chi connectivity index (χ0) is 21.6. The van der Waals surface area contributed by atoms with E-state index < -0.39 is 5.82 Å². The lowest BCUT2D eigenvalue weighted by Crippen LogP contribution is -2.33. The van der Waals surface area contributed by atoms with Gasteiger partial charge in [-0.05, 0) is 43.2 Å². The normalized spacial score (nSPS) is 14.5. The maximum absolute atomic E-state index is 13.4. The number of nitrogens with zero attached hydrogens (tertiary/aromatic N) is 2. The van der Waals surface area contributed by atoms with Gasteiger partial charge in [-0.2, -0.15) is 0 Å². The Morgan fingerprint density at radius 2 is 1.87 bits per heavy atom. The first-order valence-corrected chi connectivity index (χ1v) is 10.9. The van der Waals surface area contributed by atoms with E-state index in [1.54, 1.807) is 12.1 Å². The number of fused-ring (bicyclic) bond motifs is 1. The SMILES string of the molecule is O=C(Cn1c(CCNC(=O)C2CCCCC2)nc2ccccc21)Nc1cccc(F)c1. The lowest BCUT2D eigenvalue weighted by Gasteiger charge is -2.20. The van der Waals surface area contributed by atoms with Gasteiger partial charge in [0.05, 0.1) is 11.0 Å². The van der Waals surface area contributed by atoms with Crippen LogP contribution in [0.1, 0.15) is 37.9 Å². The number of nitrogens with one attached hydrogen (secondary N) is 2. The average Bonchev–Trinajstić information content (AvgIpc) is 3.11. The highest BCUT2D eigenvalue weighted by Gasteiger charge is 2.21. The molecule has 0 atom stereocenters. The van der Waals surface area contributed by atoms with Crippen molar-refractivity contribution in [3.05, 3.63) is 60.2 Å². The van der Waals surface area contributed by atoms with Gasteiger partial charge < -0.3 is 15.2 Å². The molecule has 0 bridgehead atoms. The van der Waals surface area contributed by atoms with Crippen LogP contribution in [0, 0.1) is 11.7 Å². The van der Waals surface area contributed by atoms with E-state index in [4.69, 9.17) is 0 Å². The number of para-hydroxylation sites is 2. The topological polar surface area (TPSA) is 76.0 Å². The van der Waals surface area contributed by atoms with Crippen molar-refractivity contribution in [2.24, 2.45) is 5.92 Å². The maximum atomic E-state index is 13.4. The summed E-state index contributed by atoms with van der Waals surface area (Å²) in [7, 11) is 0. The van der Waals surface area contributed by atoms with Crippen LogP contribution < -0.4 is 10.6 Å². The monoisotopic (exact) mass is 422 g/mol. The Morgan fingerprint density at radius 3 is 2.68 bits per heavy atom. The number of hydrogen-bond donors (Lipinski definition) is 2. The van der Waals surface area contributed by atoms with Gasteiger partial charge in [0.25, 0.3) is 0 Å². The lowest BCUT2D eigenvalue weighted by molar-refractivity contribution is -0.125. The summed E-state index contributed by atoms with van der Waals surface area (Å²) in [5.41, 5.74) is 2.07. The summed E-state index contributed by atoms with van der Waals surface area (Å²) in [4.78, 5) is 29.7. The van der Waals surface area contributed by atoms with E-state index in [2.05, 4.69) is 15.6 Å². The van der Waals surface area contributed by atoms with Crippen molar-refractivity contribution in [3.63, 3.8) is 0 Å². The van der Waals surface area contributed by atoms with E-state index in [1.807, 2.05) is 28.8 Å². The van der Waals surface area contributed by atoms with Crippen LogP contribution in [0.15, 0.2) is 48.5 Å². The number of halogens is 1. The zero-order valence-corrected chi connectivity index (χ0v) is 17.4. The molecule has 1 fully saturated rings. The van der Waals surface area contributed by atoms with Crippen molar-refractivity contribution < 1.29 is 14.0 Å². The summed E-state index contributed by atoms with van der Waals surface area (Å²) in [5.74, 6) is 0.303. The summed E-state index contributed by atoms with van der Waals surface area (Å²) < 4.78 is 15.3. The van der Waals surface area contributed by atoms with Crippen molar-refractivity contribution in [1.29, 1.82) is 0 Å². The van der Waals surface area contributed by atoms with Crippen LogP contribution in [0.3, 0.4) is 0 Å². The summed E-state index contributed by atoms with van der Waals surface area (Å²) in [6, 6.07) is 13.4. The Bertz CT molecular complexity index is 1070. The maximum Gasteiger partial charge on any atom is 0.244 e. The van der Waals surface area contributed by atoms with E-state index in [9.17, 15) is 14.0 Å². The number of carbonyl (C=O) groups is 2. The molecule has 1 heterocycles. The first kappa shape index (κ1) is 21.0. The quantitative estimate of drug-likeness (QED) is 0.603. The predicted octanol–water partition coefficient (Wildman–Crippen LogP) is 4.05. The second-order valence-electron chi connectivity index (χ2n) is 8.04. The largest absolute Gasteiger partial charge is 0.355 e. The van der Waals surface area contributed by atoms with Gasteiger partial charge in [-0.3, -0.25) is 9.59 Å². The van der Waals surface area contributed by atoms with Crippen LogP contribution in [-0.2, 0) is 22.6 Å². The molecule has 0 unspecified atom stereocenters. The van der Waals surface area contributed by atoms with Gasteiger partial charge in [0.1, 0.15) is 18.2 Å². The number of anilines is 1. The molecule has 4 rings (SSSR count). The van der Waals surface area contributed by atoms with Crippen LogP contribution in [0.4, 0.5) is 10.1 Å². The van der Waals surface area contributed by atoms with E-state index in [0.717, 1.165) is 42.5 Å². The number of imidazole rings is 1. The summed E-state index contributed by atoms with van der Waals surface area (Å²) in [6.45, 7) is 0.535. The number of hydrogen-bond acceptors (Lipinski definition) is 3. The predicted molar refractivity (Wildman–Crippen MR) is 118 cm³/mol. The van der Waals surface area contributed by atoms with Crippen molar-refractivity contribution in [1.82, 2.24) is 14.9 Å². The van der Waals surface area contributed by atoms with Crippen molar-refractivity contribution >= 4 is 28.5 Å².